The van der Waals surface area contributed by atoms with Gasteiger partial charge in [-0.05, 0) is 24.2 Å². The Morgan fingerprint density at radius 3 is 2.32 bits per heavy atom. The molecule has 0 saturated carbocycles. The molecule has 0 radical (unpaired) electrons. The average molecular weight is 333 g/mol. The van der Waals surface area contributed by atoms with Crippen LogP contribution in [0.5, 0.6) is 0 Å². The molecule has 128 valence electrons. The molecule has 2 aromatic heterocycles. The molecule has 1 fully saturated rings. The Balaban J connectivity index is 1.67. The summed E-state index contributed by atoms with van der Waals surface area (Å²) in [7, 11) is 0. The third-order valence-corrected chi connectivity index (χ3v) is 4.98. The summed E-state index contributed by atoms with van der Waals surface area (Å²) < 4.78 is 0. The Hall–Kier alpha value is -2.53. The Bertz CT molecular complexity index is 841. The van der Waals surface area contributed by atoms with E-state index in [9.17, 15) is 0 Å². The van der Waals surface area contributed by atoms with Crippen molar-refractivity contribution in [3.8, 4) is 0 Å². The summed E-state index contributed by atoms with van der Waals surface area (Å²) in [6.45, 7) is 7.53. The van der Waals surface area contributed by atoms with E-state index in [4.69, 9.17) is 0 Å². The second-order valence-corrected chi connectivity index (χ2v) is 6.47. The van der Waals surface area contributed by atoms with Crippen LogP contribution in [0.2, 0.25) is 0 Å². The van der Waals surface area contributed by atoms with Crippen LogP contribution in [0.15, 0.2) is 48.8 Å². The summed E-state index contributed by atoms with van der Waals surface area (Å²) in [6, 6.07) is 12.6. The van der Waals surface area contributed by atoms with E-state index < -0.39 is 0 Å². The lowest BCUT2D eigenvalue weighted by atomic mass is 10.0. The summed E-state index contributed by atoms with van der Waals surface area (Å²) in [5.74, 6) is 1.02. The third kappa shape index (κ3) is 3.33. The van der Waals surface area contributed by atoms with E-state index in [2.05, 4.69) is 56.2 Å². The van der Waals surface area contributed by atoms with Crippen molar-refractivity contribution >= 4 is 16.6 Å². The molecule has 1 aromatic carbocycles. The molecule has 1 saturated heterocycles. The van der Waals surface area contributed by atoms with Crippen LogP contribution in [-0.2, 0) is 6.42 Å². The smallest absolute Gasteiger partial charge is 0.159 e. The fraction of sp³-hybridized carbons (Fsp3) is 0.350. The molecule has 3 heterocycles. The summed E-state index contributed by atoms with van der Waals surface area (Å²) in [5, 5.41) is 11.6. The van der Waals surface area contributed by atoms with Gasteiger partial charge in [-0.1, -0.05) is 31.2 Å². The lowest BCUT2D eigenvalue weighted by Gasteiger charge is -2.35. The SMILES string of the molecule is CCN1CCN(c2nnc(Cc3ccncc3)c3ccccc23)CC1. The van der Waals surface area contributed by atoms with E-state index in [1.165, 1.54) is 16.3 Å². The lowest BCUT2D eigenvalue weighted by molar-refractivity contribution is 0.270. The van der Waals surface area contributed by atoms with Crippen LogP contribution in [0.1, 0.15) is 18.2 Å². The Labute approximate surface area is 148 Å². The molecule has 0 atom stereocenters. The van der Waals surface area contributed by atoms with Gasteiger partial charge in [-0.2, -0.15) is 5.10 Å². The fourth-order valence-corrected chi connectivity index (χ4v) is 3.48. The van der Waals surface area contributed by atoms with Crippen molar-refractivity contribution in [2.24, 2.45) is 0 Å². The van der Waals surface area contributed by atoms with Crippen LogP contribution in [0.3, 0.4) is 0 Å². The highest BCUT2D eigenvalue weighted by Crippen LogP contribution is 2.27. The Kier molecular flexibility index (Phi) is 4.57. The molecule has 1 aliphatic heterocycles. The number of hydrogen-bond donors (Lipinski definition) is 0. The number of piperazine rings is 1. The van der Waals surface area contributed by atoms with Gasteiger partial charge in [0.05, 0.1) is 5.69 Å². The number of rotatable bonds is 4. The zero-order valence-electron chi connectivity index (χ0n) is 14.6. The molecule has 0 aliphatic carbocycles. The van der Waals surface area contributed by atoms with Crippen LogP contribution >= 0.6 is 0 Å². The van der Waals surface area contributed by atoms with Gasteiger partial charge in [0, 0.05) is 55.8 Å². The Morgan fingerprint density at radius 2 is 1.60 bits per heavy atom. The summed E-state index contributed by atoms with van der Waals surface area (Å²) >= 11 is 0. The molecule has 3 aromatic rings. The van der Waals surface area contributed by atoms with Crippen LogP contribution in [0.4, 0.5) is 5.82 Å². The highest BCUT2D eigenvalue weighted by Gasteiger charge is 2.20. The first-order chi connectivity index (χ1) is 12.3. The lowest BCUT2D eigenvalue weighted by Crippen LogP contribution is -2.46. The molecular weight excluding hydrogens is 310 g/mol. The van der Waals surface area contributed by atoms with Gasteiger partial charge >= 0.3 is 0 Å². The summed E-state index contributed by atoms with van der Waals surface area (Å²) in [5.41, 5.74) is 2.23. The number of pyridine rings is 1. The van der Waals surface area contributed by atoms with Gasteiger partial charge in [0.1, 0.15) is 0 Å². The van der Waals surface area contributed by atoms with Crippen LogP contribution in [0, 0.1) is 0 Å². The standard InChI is InChI=1S/C20H23N5/c1-2-24-11-13-25(14-12-24)20-18-6-4-3-5-17(18)19(22-23-20)15-16-7-9-21-10-8-16/h3-10H,2,11-15H2,1H3. The normalized spacial score (nSPS) is 15.6. The largest absolute Gasteiger partial charge is 0.352 e. The van der Waals surface area contributed by atoms with Gasteiger partial charge < -0.3 is 9.80 Å². The second-order valence-electron chi connectivity index (χ2n) is 6.47. The van der Waals surface area contributed by atoms with Crippen LogP contribution in [0.25, 0.3) is 10.8 Å². The molecule has 5 heteroatoms. The first-order valence-electron chi connectivity index (χ1n) is 8.95. The fourth-order valence-electron chi connectivity index (χ4n) is 3.48. The quantitative estimate of drug-likeness (QED) is 0.735. The molecule has 4 rings (SSSR count). The second kappa shape index (κ2) is 7.15. The third-order valence-electron chi connectivity index (χ3n) is 4.98. The maximum Gasteiger partial charge on any atom is 0.159 e. The van der Waals surface area contributed by atoms with E-state index in [0.717, 1.165) is 50.7 Å². The van der Waals surface area contributed by atoms with Crippen molar-refractivity contribution in [1.82, 2.24) is 20.1 Å². The summed E-state index contributed by atoms with van der Waals surface area (Å²) in [6.07, 6.45) is 4.43. The maximum absolute atomic E-state index is 4.62. The van der Waals surface area contributed by atoms with Gasteiger partial charge in [0.25, 0.3) is 0 Å². The molecule has 25 heavy (non-hydrogen) atoms. The molecule has 0 unspecified atom stereocenters. The number of aromatic nitrogens is 3. The highest BCUT2D eigenvalue weighted by atomic mass is 15.3. The van der Waals surface area contributed by atoms with Crippen molar-refractivity contribution in [1.29, 1.82) is 0 Å². The van der Waals surface area contributed by atoms with Gasteiger partial charge in [0.15, 0.2) is 5.82 Å². The van der Waals surface area contributed by atoms with Crippen molar-refractivity contribution < 1.29 is 0 Å². The molecule has 1 aliphatic rings. The number of hydrogen-bond acceptors (Lipinski definition) is 5. The zero-order valence-corrected chi connectivity index (χ0v) is 14.6. The number of likely N-dealkylation sites (N-methyl/N-ethyl adjacent to an activating group) is 1. The predicted octanol–water partition coefficient (Wildman–Crippen LogP) is 2.76. The molecular formula is C20H23N5. The average Bonchev–Trinajstić information content (AvgIpc) is 2.69. The van der Waals surface area contributed by atoms with Gasteiger partial charge in [-0.3, -0.25) is 4.98 Å². The minimum Gasteiger partial charge on any atom is -0.352 e. The zero-order chi connectivity index (χ0) is 17.1. The van der Waals surface area contributed by atoms with Gasteiger partial charge in [0.2, 0.25) is 0 Å². The monoisotopic (exact) mass is 333 g/mol. The van der Waals surface area contributed by atoms with Gasteiger partial charge in [-0.15, -0.1) is 5.10 Å². The predicted molar refractivity (Wildman–Crippen MR) is 101 cm³/mol. The highest BCUT2D eigenvalue weighted by molar-refractivity contribution is 5.93. The van der Waals surface area contributed by atoms with Crippen molar-refractivity contribution in [3.63, 3.8) is 0 Å². The molecule has 0 amide bonds. The number of fused-ring (bicyclic) bond motifs is 1. The molecule has 0 N–H and O–H groups in total. The van der Waals surface area contributed by atoms with Gasteiger partial charge in [-0.25, -0.2) is 0 Å². The maximum atomic E-state index is 4.62. The van der Waals surface area contributed by atoms with Crippen molar-refractivity contribution in [2.45, 2.75) is 13.3 Å². The first-order valence-corrected chi connectivity index (χ1v) is 8.95. The van der Waals surface area contributed by atoms with E-state index in [-0.39, 0.29) is 0 Å². The summed E-state index contributed by atoms with van der Waals surface area (Å²) in [4.78, 5) is 8.94. The molecule has 0 bridgehead atoms. The topological polar surface area (TPSA) is 45.2 Å². The minimum atomic E-state index is 0.778. The number of benzene rings is 1. The molecule has 0 spiro atoms. The van der Waals surface area contributed by atoms with Crippen LogP contribution < -0.4 is 4.90 Å². The number of nitrogens with zero attached hydrogens (tertiary/aromatic N) is 5. The first kappa shape index (κ1) is 16.0. The minimum absolute atomic E-state index is 0.778. The van der Waals surface area contributed by atoms with E-state index >= 15 is 0 Å². The molecule has 5 nitrogen and oxygen atoms in total. The van der Waals surface area contributed by atoms with E-state index in [1.54, 1.807) is 0 Å². The van der Waals surface area contributed by atoms with Crippen molar-refractivity contribution in [2.75, 3.05) is 37.6 Å². The number of anilines is 1. The van der Waals surface area contributed by atoms with E-state index in [0.29, 0.717) is 0 Å². The Morgan fingerprint density at radius 1 is 0.880 bits per heavy atom. The van der Waals surface area contributed by atoms with Crippen molar-refractivity contribution in [3.05, 3.63) is 60.0 Å². The van der Waals surface area contributed by atoms with Crippen LogP contribution in [-0.4, -0.2) is 52.8 Å². The van der Waals surface area contributed by atoms with E-state index in [1.807, 2.05) is 24.5 Å².